The number of nitrogens with zero attached hydrogens (tertiary/aromatic N) is 2. The summed E-state index contributed by atoms with van der Waals surface area (Å²) in [7, 11) is 1.55. The minimum atomic E-state index is -3.94. The van der Waals surface area contributed by atoms with Gasteiger partial charge in [0.25, 0.3) is 9.05 Å². The van der Waals surface area contributed by atoms with E-state index in [1.165, 1.54) is 4.68 Å². The van der Waals surface area contributed by atoms with Crippen molar-refractivity contribution >= 4 is 31.3 Å². The van der Waals surface area contributed by atoms with Crippen LogP contribution in [0.25, 0.3) is 5.69 Å². The molecule has 0 fully saturated rings. The standard InChI is InChI=1S/C13H14Cl2N2O2S/c1-9(2)8-11-12(20(15,18)19)13(14)17(16-11)10-6-4-3-5-7-10/h3-7,9H,8H2,1-2H3. The molecule has 0 amide bonds. The van der Waals surface area contributed by atoms with Crippen LogP contribution in [0.1, 0.15) is 19.5 Å². The summed E-state index contributed by atoms with van der Waals surface area (Å²) in [5.74, 6) is 0.238. The molecule has 1 heterocycles. The maximum Gasteiger partial charge on any atom is 0.266 e. The molecule has 0 spiro atoms. The number of halogens is 2. The second-order valence-electron chi connectivity index (χ2n) is 4.85. The number of para-hydroxylation sites is 1. The Morgan fingerprint density at radius 2 is 1.85 bits per heavy atom. The Kier molecular flexibility index (Phi) is 4.42. The Morgan fingerprint density at radius 1 is 1.25 bits per heavy atom. The summed E-state index contributed by atoms with van der Waals surface area (Å²) < 4.78 is 24.9. The van der Waals surface area contributed by atoms with Crippen LogP contribution in [0.5, 0.6) is 0 Å². The molecule has 0 saturated heterocycles. The van der Waals surface area contributed by atoms with Crippen LogP contribution in [0.15, 0.2) is 35.2 Å². The van der Waals surface area contributed by atoms with E-state index >= 15 is 0 Å². The van der Waals surface area contributed by atoms with Crippen molar-refractivity contribution in [2.75, 3.05) is 0 Å². The Labute approximate surface area is 127 Å². The summed E-state index contributed by atoms with van der Waals surface area (Å²) >= 11 is 6.17. The lowest BCUT2D eigenvalue weighted by Gasteiger charge is -2.02. The number of benzene rings is 1. The van der Waals surface area contributed by atoms with Crippen LogP contribution in [-0.2, 0) is 15.5 Å². The highest BCUT2D eigenvalue weighted by atomic mass is 35.7. The molecule has 0 bridgehead atoms. The summed E-state index contributed by atoms with van der Waals surface area (Å²) in [5, 5.41) is 4.32. The van der Waals surface area contributed by atoms with Crippen LogP contribution in [-0.4, -0.2) is 18.2 Å². The van der Waals surface area contributed by atoms with Crippen molar-refractivity contribution in [1.82, 2.24) is 9.78 Å². The highest BCUT2D eigenvalue weighted by molar-refractivity contribution is 8.13. The predicted molar refractivity (Wildman–Crippen MR) is 80.2 cm³/mol. The van der Waals surface area contributed by atoms with Gasteiger partial charge in [0.1, 0.15) is 4.90 Å². The van der Waals surface area contributed by atoms with E-state index in [-0.39, 0.29) is 16.0 Å². The van der Waals surface area contributed by atoms with Crippen molar-refractivity contribution in [2.24, 2.45) is 5.92 Å². The first kappa shape index (κ1) is 15.4. The van der Waals surface area contributed by atoms with Crippen LogP contribution in [0.2, 0.25) is 5.15 Å². The van der Waals surface area contributed by atoms with Gasteiger partial charge in [-0.05, 0) is 24.5 Å². The average Bonchev–Trinajstić information content (AvgIpc) is 2.66. The molecule has 0 aliphatic heterocycles. The van der Waals surface area contributed by atoms with E-state index in [0.29, 0.717) is 17.8 Å². The average molecular weight is 333 g/mol. The first-order chi connectivity index (χ1) is 9.30. The van der Waals surface area contributed by atoms with Crippen molar-refractivity contribution in [2.45, 2.75) is 25.2 Å². The summed E-state index contributed by atoms with van der Waals surface area (Å²) in [6.07, 6.45) is 0.487. The van der Waals surface area contributed by atoms with E-state index in [0.717, 1.165) is 0 Å². The van der Waals surface area contributed by atoms with Gasteiger partial charge < -0.3 is 0 Å². The molecule has 0 N–H and O–H groups in total. The number of aromatic nitrogens is 2. The zero-order valence-electron chi connectivity index (χ0n) is 11.0. The van der Waals surface area contributed by atoms with Crippen molar-refractivity contribution < 1.29 is 8.42 Å². The molecule has 108 valence electrons. The number of hydrogen-bond acceptors (Lipinski definition) is 3. The molecular weight excluding hydrogens is 319 g/mol. The normalized spacial score (nSPS) is 12.1. The maximum atomic E-state index is 11.7. The van der Waals surface area contributed by atoms with E-state index in [9.17, 15) is 8.42 Å². The van der Waals surface area contributed by atoms with Gasteiger partial charge in [-0.1, -0.05) is 43.6 Å². The highest BCUT2D eigenvalue weighted by Crippen LogP contribution is 2.31. The molecule has 0 aliphatic carbocycles. The van der Waals surface area contributed by atoms with E-state index in [4.69, 9.17) is 22.3 Å². The first-order valence-corrected chi connectivity index (χ1v) is 8.77. The zero-order valence-corrected chi connectivity index (χ0v) is 13.4. The smallest absolute Gasteiger partial charge is 0.221 e. The molecule has 4 nitrogen and oxygen atoms in total. The third kappa shape index (κ3) is 3.16. The van der Waals surface area contributed by atoms with Gasteiger partial charge in [0, 0.05) is 10.7 Å². The van der Waals surface area contributed by atoms with E-state index in [1.54, 1.807) is 12.1 Å². The van der Waals surface area contributed by atoms with Crippen molar-refractivity contribution in [3.05, 3.63) is 41.2 Å². The van der Waals surface area contributed by atoms with E-state index in [1.807, 2.05) is 32.0 Å². The molecule has 1 aromatic heterocycles. The fraction of sp³-hybridized carbons (Fsp3) is 0.308. The molecule has 0 aliphatic rings. The van der Waals surface area contributed by atoms with Gasteiger partial charge in [-0.2, -0.15) is 5.10 Å². The minimum Gasteiger partial charge on any atom is -0.221 e. The second kappa shape index (κ2) is 5.76. The molecule has 20 heavy (non-hydrogen) atoms. The largest absolute Gasteiger partial charge is 0.266 e. The van der Waals surface area contributed by atoms with Crippen LogP contribution < -0.4 is 0 Å². The highest BCUT2D eigenvalue weighted by Gasteiger charge is 2.27. The topological polar surface area (TPSA) is 52.0 Å². The fourth-order valence-corrected chi connectivity index (χ4v) is 3.77. The summed E-state index contributed by atoms with van der Waals surface area (Å²) in [4.78, 5) is -0.0987. The predicted octanol–water partition coefficient (Wildman–Crippen LogP) is 3.65. The molecule has 2 rings (SSSR count). The number of hydrogen-bond donors (Lipinski definition) is 0. The molecule has 2 aromatic rings. The number of rotatable bonds is 4. The van der Waals surface area contributed by atoms with E-state index in [2.05, 4.69) is 5.10 Å². The fourth-order valence-electron chi connectivity index (χ4n) is 1.93. The third-order valence-corrected chi connectivity index (χ3v) is 4.54. The summed E-state index contributed by atoms with van der Waals surface area (Å²) in [5.41, 5.74) is 1.08. The lowest BCUT2D eigenvalue weighted by molar-refractivity contribution is 0.600. The van der Waals surface area contributed by atoms with Gasteiger partial charge in [-0.25, -0.2) is 13.1 Å². The van der Waals surface area contributed by atoms with Gasteiger partial charge in [-0.3, -0.25) is 0 Å². The molecular formula is C13H14Cl2N2O2S. The Bertz CT molecular complexity index is 709. The molecule has 1 aromatic carbocycles. The summed E-state index contributed by atoms with van der Waals surface area (Å²) in [6.45, 7) is 3.94. The van der Waals surface area contributed by atoms with Gasteiger partial charge in [0.05, 0.1) is 11.4 Å². The van der Waals surface area contributed by atoms with Crippen molar-refractivity contribution in [1.29, 1.82) is 0 Å². The van der Waals surface area contributed by atoms with Crippen LogP contribution in [0.4, 0.5) is 0 Å². The molecule has 0 saturated carbocycles. The lowest BCUT2D eigenvalue weighted by Crippen LogP contribution is -2.01. The Balaban J connectivity index is 2.65. The van der Waals surface area contributed by atoms with Gasteiger partial charge >= 0.3 is 0 Å². The Hall–Kier alpha value is -1.04. The molecule has 7 heteroatoms. The Morgan fingerprint density at radius 3 is 2.35 bits per heavy atom. The van der Waals surface area contributed by atoms with Gasteiger partial charge in [-0.15, -0.1) is 0 Å². The van der Waals surface area contributed by atoms with Gasteiger partial charge in [0.2, 0.25) is 0 Å². The maximum absolute atomic E-state index is 11.7. The molecule has 0 radical (unpaired) electrons. The van der Waals surface area contributed by atoms with Gasteiger partial charge in [0.15, 0.2) is 5.15 Å². The lowest BCUT2D eigenvalue weighted by atomic mass is 10.1. The van der Waals surface area contributed by atoms with Crippen molar-refractivity contribution in [3.63, 3.8) is 0 Å². The third-order valence-electron chi connectivity index (χ3n) is 2.70. The van der Waals surface area contributed by atoms with Crippen molar-refractivity contribution in [3.8, 4) is 5.69 Å². The minimum absolute atomic E-state index is 0.0156. The summed E-state index contributed by atoms with van der Waals surface area (Å²) in [6, 6.07) is 9.09. The van der Waals surface area contributed by atoms with Crippen LogP contribution in [0, 0.1) is 5.92 Å². The SMILES string of the molecule is CC(C)Cc1nn(-c2ccccc2)c(Cl)c1S(=O)(=O)Cl. The van der Waals surface area contributed by atoms with E-state index < -0.39 is 9.05 Å². The molecule has 0 unspecified atom stereocenters. The van der Waals surface area contributed by atoms with Crippen LogP contribution in [0.3, 0.4) is 0 Å². The first-order valence-electron chi connectivity index (χ1n) is 6.08. The monoisotopic (exact) mass is 332 g/mol. The zero-order chi connectivity index (χ0) is 14.9. The molecule has 0 atom stereocenters. The second-order valence-corrected chi connectivity index (χ2v) is 7.71. The quantitative estimate of drug-likeness (QED) is 0.803. The van der Waals surface area contributed by atoms with Crippen LogP contribution >= 0.6 is 22.3 Å².